The summed E-state index contributed by atoms with van der Waals surface area (Å²) in [5.41, 5.74) is 0. The highest BCUT2D eigenvalue weighted by molar-refractivity contribution is 4.88. The van der Waals surface area contributed by atoms with Gasteiger partial charge in [-0.25, -0.2) is 0 Å². The molecule has 2 aliphatic carbocycles. The second-order valence-corrected chi connectivity index (χ2v) is 5.30. The lowest BCUT2D eigenvalue weighted by Crippen LogP contribution is -2.32. The fourth-order valence-electron chi connectivity index (χ4n) is 2.35. The van der Waals surface area contributed by atoms with Crippen LogP contribution < -0.4 is 0 Å². The van der Waals surface area contributed by atoms with Crippen LogP contribution in [0.4, 0.5) is 0 Å². The molecule has 0 N–H and O–H groups in total. The summed E-state index contributed by atoms with van der Waals surface area (Å²) in [4.78, 5) is 2.67. The van der Waals surface area contributed by atoms with E-state index in [1.807, 2.05) is 13.8 Å². The summed E-state index contributed by atoms with van der Waals surface area (Å²) in [5, 5.41) is 0. The zero-order chi connectivity index (χ0) is 12.1. The number of hydrogen-bond acceptors (Lipinski definition) is 3. The molecule has 2 rings (SSSR count). The maximum atomic E-state index is 5.60. The molecule has 2 aliphatic rings. The molecular weight excluding hydrogens is 214 g/mol. The summed E-state index contributed by atoms with van der Waals surface area (Å²) in [6.45, 7) is 8.03. The Morgan fingerprint density at radius 2 is 1.71 bits per heavy atom. The molecule has 0 aromatic rings. The van der Waals surface area contributed by atoms with Crippen molar-refractivity contribution in [2.24, 2.45) is 5.92 Å². The van der Waals surface area contributed by atoms with Crippen LogP contribution in [-0.4, -0.2) is 43.5 Å². The van der Waals surface area contributed by atoms with Crippen molar-refractivity contribution in [3.63, 3.8) is 0 Å². The van der Waals surface area contributed by atoms with Crippen molar-refractivity contribution in [2.45, 2.75) is 58.3 Å². The Morgan fingerprint density at radius 1 is 1.06 bits per heavy atom. The van der Waals surface area contributed by atoms with Gasteiger partial charge in [0.2, 0.25) is 0 Å². The summed E-state index contributed by atoms with van der Waals surface area (Å²) in [5.74, 6) is 0.994. The maximum absolute atomic E-state index is 5.60. The summed E-state index contributed by atoms with van der Waals surface area (Å²) in [6.07, 6.45) is 6.73. The molecule has 0 aromatic heterocycles. The third-order valence-corrected chi connectivity index (χ3v) is 3.61. The second-order valence-electron chi connectivity index (χ2n) is 5.30. The van der Waals surface area contributed by atoms with Gasteiger partial charge in [0, 0.05) is 38.8 Å². The van der Waals surface area contributed by atoms with E-state index < -0.39 is 0 Å². The van der Waals surface area contributed by atoms with E-state index >= 15 is 0 Å². The van der Waals surface area contributed by atoms with Crippen molar-refractivity contribution in [1.82, 2.24) is 4.90 Å². The monoisotopic (exact) mass is 241 g/mol. The van der Waals surface area contributed by atoms with E-state index in [0.717, 1.165) is 38.1 Å². The van der Waals surface area contributed by atoms with Crippen molar-refractivity contribution < 1.29 is 9.47 Å². The minimum atomic E-state index is 0.00505. The van der Waals surface area contributed by atoms with E-state index in [2.05, 4.69) is 4.90 Å². The molecule has 2 saturated carbocycles. The first-order chi connectivity index (χ1) is 8.33. The lowest BCUT2D eigenvalue weighted by atomic mass is 10.3. The topological polar surface area (TPSA) is 21.7 Å². The van der Waals surface area contributed by atoms with Crippen LogP contribution in [-0.2, 0) is 9.47 Å². The van der Waals surface area contributed by atoms with Crippen LogP contribution in [0.3, 0.4) is 0 Å². The first-order valence-corrected chi connectivity index (χ1v) is 7.30. The highest BCUT2D eigenvalue weighted by atomic mass is 16.7. The van der Waals surface area contributed by atoms with Gasteiger partial charge in [-0.05, 0) is 45.4 Å². The van der Waals surface area contributed by atoms with Gasteiger partial charge in [0.05, 0.1) is 0 Å². The molecule has 100 valence electrons. The van der Waals surface area contributed by atoms with E-state index in [-0.39, 0.29) is 6.29 Å². The molecule has 0 spiro atoms. The van der Waals surface area contributed by atoms with E-state index in [4.69, 9.17) is 9.47 Å². The van der Waals surface area contributed by atoms with Crippen molar-refractivity contribution in [2.75, 3.05) is 26.3 Å². The van der Waals surface area contributed by atoms with Gasteiger partial charge in [0.1, 0.15) is 0 Å². The number of ether oxygens (including phenoxy) is 2. The van der Waals surface area contributed by atoms with Crippen LogP contribution in [0, 0.1) is 5.92 Å². The number of hydrogen-bond donors (Lipinski definition) is 0. The van der Waals surface area contributed by atoms with Gasteiger partial charge in [-0.2, -0.15) is 0 Å². The molecule has 0 radical (unpaired) electrons. The van der Waals surface area contributed by atoms with Crippen molar-refractivity contribution in [3.8, 4) is 0 Å². The van der Waals surface area contributed by atoms with Gasteiger partial charge in [-0.3, -0.25) is 4.90 Å². The van der Waals surface area contributed by atoms with Crippen LogP contribution in [0.5, 0.6) is 0 Å². The van der Waals surface area contributed by atoms with E-state index in [0.29, 0.717) is 0 Å². The highest BCUT2D eigenvalue weighted by Crippen LogP contribution is 2.34. The molecule has 0 heterocycles. The molecule has 0 saturated heterocycles. The highest BCUT2D eigenvalue weighted by Gasteiger charge is 2.33. The SMILES string of the molecule is CCOC(CCN(CC1CC1)C1CC1)OCC. The minimum absolute atomic E-state index is 0.00505. The Balaban J connectivity index is 1.68. The summed E-state index contributed by atoms with van der Waals surface area (Å²) in [6, 6.07) is 0.875. The zero-order valence-electron chi connectivity index (χ0n) is 11.4. The fourth-order valence-corrected chi connectivity index (χ4v) is 2.35. The first-order valence-electron chi connectivity index (χ1n) is 7.30. The number of nitrogens with zero attached hydrogens (tertiary/aromatic N) is 1. The van der Waals surface area contributed by atoms with Gasteiger partial charge in [0.15, 0.2) is 6.29 Å². The largest absolute Gasteiger partial charge is 0.353 e. The fraction of sp³-hybridized carbons (Fsp3) is 1.00. The molecule has 3 nitrogen and oxygen atoms in total. The van der Waals surface area contributed by atoms with Crippen molar-refractivity contribution >= 4 is 0 Å². The van der Waals surface area contributed by atoms with Crippen LogP contribution in [0.25, 0.3) is 0 Å². The van der Waals surface area contributed by atoms with Crippen LogP contribution in [0.2, 0.25) is 0 Å². The Morgan fingerprint density at radius 3 is 2.18 bits per heavy atom. The Kier molecular flexibility index (Phi) is 5.26. The lowest BCUT2D eigenvalue weighted by molar-refractivity contribution is -0.142. The van der Waals surface area contributed by atoms with E-state index in [9.17, 15) is 0 Å². The summed E-state index contributed by atoms with van der Waals surface area (Å²) >= 11 is 0. The predicted octanol–water partition coefficient (Wildman–Crippen LogP) is 2.65. The Labute approximate surface area is 105 Å². The first kappa shape index (κ1) is 13.3. The van der Waals surface area contributed by atoms with Crippen molar-refractivity contribution in [1.29, 1.82) is 0 Å². The smallest absolute Gasteiger partial charge is 0.158 e. The van der Waals surface area contributed by atoms with E-state index in [1.165, 1.54) is 32.2 Å². The predicted molar refractivity (Wildman–Crippen MR) is 69.0 cm³/mol. The molecule has 0 bridgehead atoms. The molecule has 17 heavy (non-hydrogen) atoms. The normalized spacial score (nSPS) is 20.5. The molecule has 0 aromatic carbocycles. The average molecular weight is 241 g/mol. The molecule has 3 heteroatoms. The van der Waals surface area contributed by atoms with Gasteiger partial charge in [-0.15, -0.1) is 0 Å². The Bertz CT molecular complexity index is 208. The molecule has 0 amide bonds. The van der Waals surface area contributed by atoms with Gasteiger partial charge < -0.3 is 9.47 Å². The standard InChI is InChI=1S/C14H27NO2/c1-3-16-14(17-4-2)9-10-15(13-7-8-13)11-12-5-6-12/h12-14H,3-11H2,1-2H3. The molecule has 2 fully saturated rings. The third-order valence-electron chi connectivity index (χ3n) is 3.61. The zero-order valence-corrected chi connectivity index (χ0v) is 11.4. The maximum Gasteiger partial charge on any atom is 0.158 e. The van der Waals surface area contributed by atoms with E-state index in [1.54, 1.807) is 0 Å². The molecular formula is C14H27NO2. The Hall–Kier alpha value is -0.120. The third kappa shape index (κ3) is 4.94. The minimum Gasteiger partial charge on any atom is -0.353 e. The van der Waals surface area contributed by atoms with Gasteiger partial charge in [0.25, 0.3) is 0 Å². The van der Waals surface area contributed by atoms with Gasteiger partial charge >= 0.3 is 0 Å². The lowest BCUT2D eigenvalue weighted by Gasteiger charge is -2.24. The molecule has 0 aliphatic heterocycles. The molecule has 0 atom stereocenters. The average Bonchev–Trinajstić information content (AvgIpc) is 3.16. The molecule has 0 unspecified atom stereocenters. The van der Waals surface area contributed by atoms with Crippen LogP contribution in [0.1, 0.15) is 46.0 Å². The van der Waals surface area contributed by atoms with Gasteiger partial charge in [-0.1, -0.05) is 0 Å². The summed E-state index contributed by atoms with van der Waals surface area (Å²) in [7, 11) is 0. The van der Waals surface area contributed by atoms with Crippen molar-refractivity contribution in [3.05, 3.63) is 0 Å². The number of rotatable bonds is 10. The van der Waals surface area contributed by atoms with Crippen LogP contribution in [0.15, 0.2) is 0 Å². The second kappa shape index (κ2) is 6.72. The summed E-state index contributed by atoms with van der Waals surface area (Å²) < 4.78 is 11.2. The quantitative estimate of drug-likeness (QED) is 0.549. The van der Waals surface area contributed by atoms with Crippen LogP contribution >= 0.6 is 0 Å².